The third-order valence-corrected chi connectivity index (χ3v) is 5.65. The van der Waals surface area contributed by atoms with E-state index in [1.807, 2.05) is 0 Å². The Morgan fingerprint density at radius 3 is 2.56 bits per heavy atom. The fraction of sp³-hybridized carbons (Fsp3) is 0.571. The summed E-state index contributed by atoms with van der Waals surface area (Å²) in [6.07, 6.45) is -4.28. The topological polar surface area (TPSA) is 98.5 Å². The van der Waals surface area contributed by atoms with E-state index in [4.69, 9.17) is 4.74 Å². The van der Waals surface area contributed by atoms with Crippen LogP contribution >= 0.6 is 0 Å². The molecule has 0 unspecified atom stereocenters. The molecule has 140 valence electrons. The minimum atomic E-state index is -4.38. The maximum absolute atomic E-state index is 12.9. The molecule has 1 aromatic rings. The fourth-order valence-corrected chi connectivity index (χ4v) is 4.34. The number of nitrogens with one attached hydrogen (secondary N) is 1. The Labute approximate surface area is 142 Å². The van der Waals surface area contributed by atoms with Crippen molar-refractivity contribution in [1.29, 1.82) is 0 Å². The van der Waals surface area contributed by atoms with Crippen LogP contribution in [0.3, 0.4) is 0 Å². The zero-order valence-corrected chi connectivity index (χ0v) is 14.1. The van der Waals surface area contributed by atoms with Crippen LogP contribution in [-0.4, -0.2) is 32.7 Å². The fourth-order valence-electron chi connectivity index (χ4n) is 2.87. The SMILES string of the molecule is COc1ccc([N+](=O)[O-])cc1S(=O)(=O)N[C@@H]1CCC[C@H](C(F)(F)F)C1. The number of methoxy groups -OCH3 is 1. The first-order valence-corrected chi connectivity index (χ1v) is 8.94. The van der Waals surface area contributed by atoms with E-state index in [-0.39, 0.29) is 31.4 Å². The molecular formula is C14H17F3N2O5S. The van der Waals surface area contributed by atoms with Gasteiger partial charge in [0, 0.05) is 18.2 Å². The number of non-ortho nitro benzene ring substituents is 1. The summed E-state index contributed by atoms with van der Waals surface area (Å²) in [7, 11) is -3.08. The molecule has 0 amide bonds. The van der Waals surface area contributed by atoms with E-state index in [2.05, 4.69) is 4.72 Å². The summed E-state index contributed by atoms with van der Waals surface area (Å²) in [5.74, 6) is -1.69. The maximum atomic E-state index is 12.9. The third-order valence-electron chi connectivity index (χ3n) is 4.11. The van der Waals surface area contributed by atoms with Crippen LogP contribution in [0.15, 0.2) is 23.1 Å². The van der Waals surface area contributed by atoms with Gasteiger partial charge in [0.15, 0.2) is 0 Å². The molecule has 0 radical (unpaired) electrons. The van der Waals surface area contributed by atoms with Gasteiger partial charge < -0.3 is 4.74 Å². The zero-order chi connectivity index (χ0) is 18.8. The summed E-state index contributed by atoms with van der Waals surface area (Å²) in [6, 6.07) is 2.14. The maximum Gasteiger partial charge on any atom is 0.391 e. The van der Waals surface area contributed by atoms with Crippen LogP contribution in [0.5, 0.6) is 5.75 Å². The van der Waals surface area contributed by atoms with E-state index >= 15 is 0 Å². The molecule has 1 saturated carbocycles. The Morgan fingerprint density at radius 2 is 2.00 bits per heavy atom. The molecular weight excluding hydrogens is 365 g/mol. The van der Waals surface area contributed by atoms with Crippen molar-refractivity contribution in [3.8, 4) is 5.75 Å². The van der Waals surface area contributed by atoms with Crippen LogP contribution < -0.4 is 9.46 Å². The van der Waals surface area contributed by atoms with E-state index in [1.165, 1.54) is 7.11 Å². The average molecular weight is 382 g/mol. The highest BCUT2D eigenvalue weighted by Crippen LogP contribution is 2.38. The Hall–Kier alpha value is -1.88. The zero-order valence-electron chi connectivity index (χ0n) is 13.2. The second-order valence-electron chi connectivity index (χ2n) is 5.82. The third kappa shape index (κ3) is 4.60. The van der Waals surface area contributed by atoms with Crippen molar-refractivity contribution in [3.63, 3.8) is 0 Å². The monoisotopic (exact) mass is 382 g/mol. The molecule has 2 rings (SSSR count). The van der Waals surface area contributed by atoms with Crippen LogP contribution in [0, 0.1) is 16.0 Å². The smallest absolute Gasteiger partial charge is 0.391 e. The van der Waals surface area contributed by atoms with E-state index < -0.39 is 43.7 Å². The first-order chi connectivity index (χ1) is 11.5. The molecule has 25 heavy (non-hydrogen) atoms. The van der Waals surface area contributed by atoms with Crippen molar-refractivity contribution >= 4 is 15.7 Å². The van der Waals surface area contributed by atoms with E-state index in [1.54, 1.807) is 0 Å². The number of alkyl halides is 3. The van der Waals surface area contributed by atoms with Gasteiger partial charge in [-0.05, 0) is 25.3 Å². The van der Waals surface area contributed by atoms with Crippen LogP contribution in [0.4, 0.5) is 18.9 Å². The molecule has 11 heteroatoms. The molecule has 2 atom stereocenters. The van der Waals surface area contributed by atoms with Gasteiger partial charge in [-0.15, -0.1) is 0 Å². The Balaban J connectivity index is 2.27. The second-order valence-corrected chi connectivity index (χ2v) is 7.50. The largest absolute Gasteiger partial charge is 0.495 e. The Kier molecular flexibility index (Phi) is 5.57. The van der Waals surface area contributed by atoms with Crippen LogP contribution in [0.2, 0.25) is 0 Å². The van der Waals surface area contributed by atoms with Gasteiger partial charge in [0.2, 0.25) is 10.0 Å². The number of benzene rings is 1. The van der Waals surface area contributed by atoms with Crippen molar-refractivity contribution < 1.29 is 31.2 Å². The van der Waals surface area contributed by atoms with Gasteiger partial charge in [0.05, 0.1) is 18.0 Å². The summed E-state index contributed by atoms with van der Waals surface area (Å²) in [5.41, 5.74) is -0.460. The molecule has 1 N–H and O–H groups in total. The summed E-state index contributed by atoms with van der Waals surface area (Å²) >= 11 is 0. The van der Waals surface area contributed by atoms with Gasteiger partial charge in [0.25, 0.3) is 5.69 Å². The normalized spacial score (nSPS) is 21.8. The first-order valence-electron chi connectivity index (χ1n) is 7.46. The molecule has 1 fully saturated rings. The molecule has 0 saturated heterocycles. The van der Waals surface area contributed by atoms with E-state index in [0.717, 1.165) is 18.2 Å². The van der Waals surface area contributed by atoms with Crippen LogP contribution in [-0.2, 0) is 10.0 Å². The lowest BCUT2D eigenvalue weighted by Gasteiger charge is -2.30. The van der Waals surface area contributed by atoms with Crippen molar-refractivity contribution in [2.75, 3.05) is 7.11 Å². The molecule has 1 aliphatic rings. The van der Waals surface area contributed by atoms with E-state index in [9.17, 15) is 31.7 Å². The quantitative estimate of drug-likeness (QED) is 0.623. The molecule has 0 heterocycles. The number of sulfonamides is 1. The molecule has 0 aromatic heterocycles. The molecule has 7 nitrogen and oxygen atoms in total. The van der Waals surface area contributed by atoms with Gasteiger partial charge >= 0.3 is 6.18 Å². The number of rotatable bonds is 5. The standard InChI is InChI=1S/C14H17F3N2O5S/c1-24-12-6-5-11(19(20)21)8-13(12)25(22,23)18-10-4-2-3-9(7-10)14(15,16)17/h5-6,8-10,18H,2-4,7H2,1H3/t9-,10+/m0/s1. The lowest BCUT2D eigenvalue weighted by Crippen LogP contribution is -2.41. The van der Waals surface area contributed by atoms with E-state index in [0.29, 0.717) is 0 Å². The predicted octanol–water partition coefficient (Wildman–Crippen LogP) is 3.00. The second kappa shape index (κ2) is 7.16. The summed E-state index contributed by atoms with van der Waals surface area (Å²) in [4.78, 5) is 9.61. The van der Waals surface area contributed by atoms with Gasteiger partial charge in [-0.3, -0.25) is 10.1 Å². The number of hydrogen-bond donors (Lipinski definition) is 1. The average Bonchev–Trinajstić information content (AvgIpc) is 2.53. The molecule has 0 aliphatic heterocycles. The van der Waals surface area contributed by atoms with Gasteiger partial charge in [-0.2, -0.15) is 13.2 Å². The number of ether oxygens (including phenoxy) is 1. The van der Waals surface area contributed by atoms with Gasteiger partial charge in [-0.25, -0.2) is 13.1 Å². The summed E-state index contributed by atoms with van der Waals surface area (Å²) < 4.78 is 70.7. The lowest BCUT2D eigenvalue weighted by atomic mass is 9.86. The number of nitrogens with zero attached hydrogens (tertiary/aromatic N) is 1. The minimum Gasteiger partial charge on any atom is -0.495 e. The highest BCUT2D eigenvalue weighted by molar-refractivity contribution is 7.89. The Morgan fingerprint density at radius 1 is 1.32 bits per heavy atom. The van der Waals surface area contributed by atoms with Crippen molar-refractivity contribution in [3.05, 3.63) is 28.3 Å². The summed E-state index contributed by atoms with van der Waals surface area (Å²) in [5, 5.41) is 10.8. The van der Waals surface area contributed by atoms with Crippen LogP contribution in [0.25, 0.3) is 0 Å². The number of hydrogen-bond acceptors (Lipinski definition) is 5. The number of halogens is 3. The van der Waals surface area contributed by atoms with Crippen molar-refractivity contribution in [2.24, 2.45) is 5.92 Å². The highest BCUT2D eigenvalue weighted by atomic mass is 32.2. The minimum absolute atomic E-state index is 0.0398. The molecule has 0 spiro atoms. The number of nitro groups is 1. The molecule has 1 aromatic carbocycles. The number of nitro benzene ring substituents is 1. The predicted molar refractivity (Wildman–Crippen MR) is 81.8 cm³/mol. The lowest BCUT2D eigenvalue weighted by molar-refractivity contribution is -0.385. The Bertz CT molecular complexity index is 751. The summed E-state index contributed by atoms with van der Waals surface area (Å²) in [6.45, 7) is 0. The van der Waals surface area contributed by atoms with Crippen molar-refractivity contribution in [1.82, 2.24) is 4.72 Å². The molecule has 1 aliphatic carbocycles. The molecule has 0 bridgehead atoms. The van der Waals surface area contributed by atoms with Gasteiger partial charge in [0.1, 0.15) is 10.6 Å². The highest BCUT2D eigenvalue weighted by Gasteiger charge is 2.43. The van der Waals surface area contributed by atoms with Gasteiger partial charge in [-0.1, -0.05) is 6.42 Å². The van der Waals surface area contributed by atoms with Crippen molar-refractivity contribution in [2.45, 2.75) is 42.8 Å². The first kappa shape index (κ1) is 19.4. The van der Waals surface area contributed by atoms with Crippen LogP contribution in [0.1, 0.15) is 25.7 Å².